The molecular weight excluding hydrogens is 252 g/mol. The van der Waals surface area contributed by atoms with Crippen LogP contribution in [-0.4, -0.2) is 30.1 Å². The summed E-state index contributed by atoms with van der Waals surface area (Å²) in [5.41, 5.74) is 1.57. The number of hydrogen-bond donors (Lipinski definition) is 1. The van der Waals surface area contributed by atoms with Crippen LogP contribution in [0, 0.1) is 0 Å². The van der Waals surface area contributed by atoms with Crippen LogP contribution in [0.3, 0.4) is 0 Å². The van der Waals surface area contributed by atoms with Crippen molar-refractivity contribution in [2.75, 3.05) is 13.1 Å². The minimum absolute atomic E-state index is 0.600. The SMILES string of the molecule is CC(C)NCCCC(C)N1CCc2sccc2C1C. The van der Waals surface area contributed by atoms with Gasteiger partial charge in [0.1, 0.15) is 0 Å². The van der Waals surface area contributed by atoms with E-state index in [1.807, 2.05) is 11.3 Å². The van der Waals surface area contributed by atoms with E-state index in [9.17, 15) is 0 Å². The summed E-state index contributed by atoms with van der Waals surface area (Å²) < 4.78 is 0. The van der Waals surface area contributed by atoms with Crippen LogP contribution in [0.25, 0.3) is 0 Å². The summed E-state index contributed by atoms with van der Waals surface area (Å²) >= 11 is 1.93. The lowest BCUT2D eigenvalue weighted by atomic mass is 9.98. The summed E-state index contributed by atoms with van der Waals surface area (Å²) in [6.45, 7) is 11.6. The molecule has 1 aromatic heterocycles. The normalized spacial score (nSPS) is 21.6. The van der Waals surface area contributed by atoms with Crippen molar-refractivity contribution >= 4 is 11.3 Å². The Kier molecular flexibility index (Phi) is 5.43. The van der Waals surface area contributed by atoms with Gasteiger partial charge in [0.05, 0.1) is 0 Å². The second-order valence-electron chi connectivity index (χ2n) is 6.06. The third kappa shape index (κ3) is 3.80. The molecule has 108 valence electrons. The minimum Gasteiger partial charge on any atom is -0.315 e. The van der Waals surface area contributed by atoms with Gasteiger partial charge in [-0.15, -0.1) is 11.3 Å². The maximum atomic E-state index is 3.51. The number of nitrogens with one attached hydrogen (secondary N) is 1. The molecule has 0 aliphatic carbocycles. The molecule has 0 fully saturated rings. The predicted octanol–water partition coefficient (Wildman–Crippen LogP) is 3.83. The number of hydrogen-bond acceptors (Lipinski definition) is 3. The van der Waals surface area contributed by atoms with E-state index in [1.165, 1.54) is 25.8 Å². The van der Waals surface area contributed by atoms with Crippen LogP contribution < -0.4 is 5.32 Å². The molecule has 1 N–H and O–H groups in total. The maximum Gasteiger partial charge on any atom is 0.0333 e. The molecule has 1 aliphatic rings. The van der Waals surface area contributed by atoms with Crippen molar-refractivity contribution in [1.82, 2.24) is 10.2 Å². The molecule has 2 nitrogen and oxygen atoms in total. The summed E-state index contributed by atoms with van der Waals surface area (Å²) in [5, 5.41) is 5.76. The van der Waals surface area contributed by atoms with Crippen molar-refractivity contribution in [2.45, 2.75) is 65.1 Å². The maximum absolute atomic E-state index is 3.51. The third-order valence-corrected chi connectivity index (χ3v) is 5.24. The van der Waals surface area contributed by atoms with E-state index in [0.717, 1.165) is 6.54 Å². The van der Waals surface area contributed by atoms with Gasteiger partial charge in [-0.1, -0.05) is 13.8 Å². The van der Waals surface area contributed by atoms with Crippen LogP contribution >= 0.6 is 11.3 Å². The highest BCUT2D eigenvalue weighted by molar-refractivity contribution is 7.10. The standard InChI is InChI=1S/C16H28N2S/c1-12(2)17-9-5-6-13(3)18-10-7-16-15(14(18)4)8-11-19-16/h8,11-14,17H,5-7,9-10H2,1-4H3. The molecular formula is C16H28N2S. The summed E-state index contributed by atoms with van der Waals surface area (Å²) in [6.07, 6.45) is 3.81. The van der Waals surface area contributed by atoms with Crippen molar-refractivity contribution in [1.29, 1.82) is 0 Å². The van der Waals surface area contributed by atoms with Crippen molar-refractivity contribution in [3.05, 3.63) is 21.9 Å². The zero-order valence-corrected chi connectivity index (χ0v) is 13.6. The number of nitrogens with zero attached hydrogens (tertiary/aromatic N) is 1. The number of thiophene rings is 1. The molecule has 1 aliphatic heterocycles. The average molecular weight is 280 g/mol. The van der Waals surface area contributed by atoms with E-state index in [0.29, 0.717) is 18.1 Å². The van der Waals surface area contributed by atoms with Gasteiger partial charge in [-0.25, -0.2) is 0 Å². The molecule has 0 radical (unpaired) electrons. The first kappa shape index (κ1) is 15.0. The Morgan fingerprint density at radius 3 is 2.95 bits per heavy atom. The quantitative estimate of drug-likeness (QED) is 0.797. The van der Waals surface area contributed by atoms with Crippen LogP contribution in [0.1, 0.15) is 57.0 Å². The lowest BCUT2D eigenvalue weighted by molar-refractivity contribution is 0.136. The molecule has 0 spiro atoms. The number of fused-ring (bicyclic) bond motifs is 1. The second-order valence-corrected chi connectivity index (χ2v) is 7.06. The van der Waals surface area contributed by atoms with Crippen molar-refractivity contribution in [2.24, 2.45) is 0 Å². The van der Waals surface area contributed by atoms with Crippen LogP contribution in [0.4, 0.5) is 0 Å². The van der Waals surface area contributed by atoms with Crippen LogP contribution in [-0.2, 0) is 6.42 Å². The molecule has 19 heavy (non-hydrogen) atoms. The Balaban J connectivity index is 1.82. The highest BCUT2D eigenvalue weighted by Crippen LogP contribution is 2.34. The van der Waals surface area contributed by atoms with Crippen LogP contribution in [0.2, 0.25) is 0 Å². The molecule has 0 saturated carbocycles. The van der Waals surface area contributed by atoms with Gasteiger partial charge in [-0.05, 0) is 56.7 Å². The molecule has 3 heteroatoms. The fraction of sp³-hybridized carbons (Fsp3) is 0.750. The fourth-order valence-corrected chi connectivity index (χ4v) is 4.05. The molecule has 0 bridgehead atoms. The molecule has 2 rings (SSSR count). The van der Waals surface area contributed by atoms with E-state index < -0.39 is 0 Å². The molecule has 0 saturated heterocycles. The first-order chi connectivity index (χ1) is 9.09. The lowest BCUT2D eigenvalue weighted by Gasteiger charge is -2.38. The Labute approximate surface area is 122 Å². The van der Waals surface area contributed by atoms with Crippen molar-refractivity contribution < 1.29 is 0 Å². The van der Waals surface area contributed by atoms with Crippen molar-refractivity contribution in [3.63, 3.8) is 0 Å². The predicted molar refractivity (Wildman–Crippen MR) is 85.0 cm³/mol. The third-order valence-electron chi connectivity index (χ3n) is 4.24. The van der Waals surface area contributed by atoms with Crippen LogP contribution in [0.15, 0.2) is 11.4 Å². The lowest BCUT2D eigenvalue weighted by Crippen LogP contribution is -2.40. The van der Waals surface area contributed by atoms with E-state index in [2.05, 4.69) is 49.4 Å². The van der Waals surface area contributed by atoms with Gasteiger partial charge in [-0.3, -0.25) is 4.90 Å². The van der Waals surface area contributed by atoms with E-state index in [1.54, 1.807) is 10.4 Å². The molecule has 0 aromatic carbocycles. The van der Waals surface area contributed by atoms with Gasteiger partial charge in [0.25, 0.3) is 0 Å². The Morgan fingerprint density at radius 1 is 1.42 bits per heavy atom. The van der Waals surface area contributed by atoms with E-state index in [4.69, 9.17) is 0 Å². The fourth-order valence-electron chi connectivity index (χ4n) is 3.09. The Bertz CT molecular complexity index is 386. The summed E-state index contributed by atoms with van der Waals surface area (Å²) in [4.78, 5) is 4.29. The highest BCUT2D eigenvalue weighted by atomic mass is 32.1. The smallest absolute Gasteiger partial charge is 0.0333 e. The summed E-state index contributed by atoms with van der Waals surface area (Å²) in [6, 6.07) is 4.22. The summed E-state index contributed by atoms with van der Waals surface area (Å²) in [7, 11) is 0. The van der Waals surface area contributed by atoms with Gasteiger partial charge >= 0.3 is 0 Å². The summed E-state index contributed by atoms with van der Waals surface area (Å²) in [5.74, 6) is 0. The van der Waals surface area contributed by atoms with E-state index in [-0.39, 0.29) is 0 Å². The highest BCUT2D eigenvalue weighted by Gasteiger charge is 2.27. The molecule has 1 aromatic rings. The van der Waals surface area contributed by atoms with Crippen LogP contribution in [0.5, 0.6) is 0 Å². The van der Waals surface area contributed by atoms with Gasteiger partial charge in [0, 0.05) is 29.5 Å². The zero-order valence-electron chi connectivity index (χ0n) is 12.8. The number of rotatable bonds is 6. The van der Waals surface area contributed by atoms with Crippen molar-refractivity contribution in [3.8, 4) is 0 Å². The van der Waals surface area contributed by atoms with Gasteiger partial charge in [-0.2, -0.15) is 0 Å². The minimum atomic E-state index is 0.600. The Hall–Kier alpha value is -0.380. The molecule has 2 unspecified atom stereocenters. The largest absolute Gasteiger partial charge is 0.315 e. The molecule has 0 amide bonds. The zero-order chi connectivity index (χ0) is 13.8. The average Bonchev–Trinajstić information content (AvgIpc) is 2.83. The molecule has 2 atom stereocenters. The second kappa shape index (κ2) is 6.87. The van der Waals surface area contributed by atoms with Gasteiger partial charge in [0.2, 0.25) is 0 Å². The monoisotopic (exact) mass is 280 g/mol. The topological polar surface area (TPSA) is 15.3 Å². The van der Waals surface area contributed by atoms with E-state index >= 15 is 0 Å². The first-order valence-corrected chi connectivity index (χ1v) is 8.53. The van der Waals surface area contributed by atoms with Gasteiger partial charge < -0.3 is 5.32 Å². The first-order valence-electron chi connectivity index (χ1n) is 7.65. The molecule has 2 heterocycles. The van der Waals surface area contributed by atoms with Gasteiger partial charge in [0.15, 0.2) is 0 Å². The Morgan fingerprint density at radius 2 is 2.21 bits per heavy atom.